The van der Waals surface area contributed by atoms with E-state index in [2.05, 4.69) is 45.3 Å². The Kier molecular flexibility index (Phi) is 6.33. The number of ether oxygens (including phenoxy) is 1. The molecule has 7 heteroatoms. The van der Waals surface area contributed by atoms with E-state index >= 15 is 0 Å². The lowest BCUT2D eigenvalue weighted by molar-refractivity contribution is -0.118. The molecule has 1 aromatic heterocycles. The van der Waals surface area contributed by atoms with Crippen LogP contribution in [0, 0.1) is 0 Å². The number of nitrogens with one attached hydrogen (secondary N) is 1. The second-order valence-corrected chi connectivity index (χ2v) is 6.68. The summed E-state index contributed by atoms with van der Waals surface area (Å²) in [5, 5.41) is 12.4. The number of hydrogen-bond donors (Lipinski definition) is 1. The second-order valence-electron chi connectivity index (χ2n) is 4.75. The predicted octanol–water partition coefficient (Wildman–Crippen LogP) is 4.22. The van der Waals surface area contributed by atoms with Gasteiger partial charge in [-0.05, 0) is 31.0 Å². The standard InChI is InChI=1S/C15H18BrN3O2S/c1-3-10(4-2)14-18-19-15(22-14)17-13(20)9-21-12-7-5-6-11(16)8-12/h5-8,10H,3-4,9H2,1-2H3,(H,17,19,20). The molecule has 0 bridgehead atoms. The van der Waals surface area contributed by atoms with Gasteiger partial charge in [-0.2, -0.15) is 0 Å². The first-order valence-electron chi connectivity index (χ1n) is 7.14. The molecular formula is C15H18BrN3O2S. The predicted molar refractivity (Wildman–Crippen MR) is 91.5 cm³/mol. The molecule has 0 aliphatic heterocycles. The van der Waals surface area contributed by atoms with Crippen LogP contribution in [0.2, 0.25) is 0 Å². The normalized spacial score (nSPS) is 10.7. The van der Waals surface area contributed by atoms with Gasteiger partial charge in [-0.25, -0.2) is 0 Å². The Labute approximate surface area is 142 Å². The van der Waals surface area contributed by atoms with Gasteiger partial charge >= 0.3 is 0 Å². The Bertz CT molecular complexity index is 629. The summed E-state index contributed by atoms with van der Waals surface area (Å²) in [6.07, 6.45) is 2.04. The lowest BCUT2D eigenvalue weighted by Gasteiger charge is -2.06. The summed E-state index contributed by atoms with van der Waals surface area (Å²) >= 11 is 4.78. The minimum absolute atomic E-state index is 0.0592. The number of nitrogens with zero attached hydrogens (tertiary/aromatic N) is 2. The quantitative estimate of drug-likeness (QED) is 0.776. The highest BCUT2D eigenvalue weighted by molar-refractivity contribution is 9.10. The van der Waals surface area contributed by atoms with Crippen molar-refractivity contribution in [2.24, 2.45) is 0 Å². The summed E-state index contributed by atoms with van der Waals surface area (Å²) in [5.74, 6) is 0.799. The van der Waals surface area contributed by atoms with E-state index < -0.39 is 0 Å². The van der Waals surface area contributed by atoms with Crippen molar-refractivity contribution in [3.05, 3.63) is 33.7 Å². The van der Waals surface area contributed by atoms with Gasteiger partial charge in [-0.15, -0.1) is 10.2 Å². The Morgan fingerprint density at radius 2 is 2.14 bits per heavy atom. The highest BCUT2D eigenvalue weighted by Gasteiger charge is 2.14. The average molecular weight is 384 g/mol. The molecule has 0 saturated carbocycles. The fraction of sp³-hybridized carbons (Fsp3) is 0.400. The highest BCUT2D eigenvalue weighted by atomic mass is 79.9. The van der Waals surface area contributed by atoms with Crippen molar-refractivity contribution >= 4 is 38.3 Å². The number of rotatable bonds is 7. The topological polar surface area (TPSA) is 64.1 Å². The van der Waals surface area contributed by atoms with Crippen molar-refractivity contribution in [3.63, 3.8) is 0 Å². The first-order valence-corrected chi connectivity index (χ1v) is 8.75. The van der Waals surface area contributed by atoms with E-state index in [4.69, 9.17) is 4.74 Å². The van der Waals surface area contributed by atoms with E-state index in [0.717, 1.165) is 22.3 Å². The maximum absolute atomic E-state index is 11.9. The molecule has 1 N–H and O–H groups in total. The van der Waals surface area contributed by atoms with E-state index in [1.807, 2.05) is 18.2 Å². The third-order valence-corrected chi connectivity index (χ3v) is 4.68. The van der Waals surface area contributed by atoms with Crippen LogP contribution in [0.3, 0.4) is 0 Å². The fourth-order valence-electron chi connectivity index (χ4n) is 1.95. The number of anilines is 1. The van der Waals surface area contributed by atoms with Gasteiger partial charge in [0.05, 0.1) is 0 Å². The molecule has 0 aliphatic rings. The summed E-state index contributed by atoms with van der Waals surface area (Å²) in [4.78, 5) is 11.9. The van der Waals surface area contributed by atoms with Crippen LogP contribution in [0.1, 0.15) is 37.6 Å². The van der Waals surface area contributed by atoms with Crippen molar-refractivity contribution in [3.8, 4) is 5.75 Å². The van der Waals surface area contributed by atoms with Gasteiger partial charge in [-0.1, -0.05) is 47.2 Å². The van der Waals surface area contributed by atoms with Crippen LogP contribution in [0.15, 0.2) is 28.7 Å². The summed E-state index contributed by atoms with van der Waals surface area (Å²) in [5.41, 5.74) is 0. The SMILES string of the molecule is CCC(CC)c1nnc(NC(=O)COc2cccc(Br)c2)s1. The van der Waals surface area contributed by atoms with Crippen LogP contribution in [-0.2, 0) is 4.79 Å². The van der Waals surface area contributed by atoms with Gasteiger partial charge in [0, 0.05) is 10.4 Å². The Balaban J connectivity index is 1.87. The molecule has 0 atom stereocenters. The molecule has 0 unspecified atom stereocenters. The molecule has 0 spiro atoms. The summed E-state index contributed by atoms with van der Waals surface area (Å²) in [7, 11) is 0. The minimum atomic E-state index is -0.243. The number of aromatic nitrogens is 2. The zero-order chi connectivity index (χ0) is 15.9. The smallest absolute Gasteiger partial charge is 0.264 e. The van der Waals surface area contributed by atoms with E-state index in [0.29, 0.717) is 16.8 Å². The van der Waals surface area contributed by atoms with Gasteiger partial charge in [-0.3, -0.25) is 10.1 Å². The maximum atomic E-state index is 11.9. The van der Waals surface area contributed by atoms with Crippen molar-refractivity contribution in [1.82, 2.24) is 10.2 Å². The number of amides is 1. The van der Waals surface area contributed by atoms with Gasteiger partial charge < -0.3 is 4.74 Å². The van der Waals surface area contributed by atoms with Gasteiger partial charge in [0.1, 0.15) is 10.8 Å². The van der Waals surface area contributed by atoms with Crippen LogP contribution < -0.4 is 10.1 Å². The van der Waals surface area contributed by atoms with Crippen LogP contribution in [0.25, 0.3) is 0 Å². The van der Waals surface area contributed by atoms with Crippen molar-refractivity contribution in [1.29, 1.82) is 0 Å². The zero-order valence-corrected chi connectivity index (χ0v) is 14.9. The van der Waals surface area contributed by atoms with Gasteiger partial charge in [0.25, 0.3) is 5.91 Å². The van der Waals surface area contributed by atoms with E-state index in [9.17, 15) is 4.79 Å². The maximum Gasteiger partial charge on any atom is 0.264 e. The molecule has 0 fully saturated rings. The van der Waals surface area contributed by atoms with Crippen LogP contribution in [-0.4, -0.2) is 22.7 Å². The average Bonchev–Trinajstić information content (AvgIpc) is 2.95. The molecule has 0 aliphatic carbocycles. The highest BCUT2D eigenvalue weighted by Crippen LogP contribution is 2.28. The van der Waals surface area contributed by atoms with Crippen LogP contribution in [0.5, 0.6) is 5.75 Å². The summed E-state index contributed by atoms with van der Waals surface area (Å²) in [6.45, 7) is 4.19. The first-order chi connectivity index (χ1) is 10.6. The van der Waals surface area contributed by atoms with Crippen molar-refractivity contribution < 1.29 is 9.53 Å². The monoisotopic (exact) mass is 383 g/mol. The Morgan fingerprint density at radius 1 is 1.36 bits per heavy atom. The summed E-state index contributed by atoms with van der Waals surface area (Å²) < 4.78 is 6.34. The molecular weight excluding hydrogens is 366 g/mol. The van der Waals surface area contributed by atoms with E-state index in [1.165, 1.54) is 11.3 Å². The molecule has 118 valence electrons. The lowest BCUT2D eigenvalue weighted by Crippen LogP contribution is -2.20. The lowest BCUT2D eigenvalue weighted by atomic mass is 10.1. The molecule has 1 aromatic carbocycles. The second kappa shape index (κ2) is 8.24. The number of hydrogen-bond acceptors (Lipinski definition) is 5. The van der Waals surface area contributed by atoms with Gasteiger partial charge in [0.15, 0.2) is 6.61 Å². The fourth-order valence-corrected chi connectivity index (χ4v) is 3.35. The van der Waals surface area contributed by atoms with Crippen LogP contribution in [0.4, 0.5) is 5.13 Å². The minimum Gasteiger partial charge on any atom is -0.484 e. The Hall–Kier alpha value is -1.47. The number of carbonyl (C=O) groups excluding carboxylic acids is 1. The number of benzene rings is 1. The molecule has 1 amide bonds. The molecule has 2 rings (SSSR count). The largest absolute Gasteiger partial charge is 0.484 e. The van der Waals surface area contributed by atoms with Crippen molar-refractivity contribution in [2.75, 3.05) is 11.9 Å². The third-order valence-electron chi connectivity index (χ3n) is 3.19. The summed E-state index contributed by atoms with van der Waals surface area (Å²) in [6, 6.07) is 7.36. The van der Waals surface area contributed by atoms with Gasteiger partial charge in [0.2, 0.25) is 5.13 Å². The zero-order valence-electron chi connectivity index (χ0n) is 12.5. The molecule has 0 saturated heterocycles. The third kappa shape index (κ3) is 4.78. The van der Waals surface area contributed by atoms with E-state index in [-0.39, 0.29) is 12.5 Å². The van der Waals surface area contributed by atoms with Crippen LogP contribution >= 0.6 is 27.3 Å². The molecule has 2 aromatic rings. The molecule has 0 radical (unpaired) electrons. The Morgan fingerprint density at radius 3 is 2.82 bits per heavy atom. The molecule has 5 nitrogen and oxygen atoms in total. The van der Waals surface area contributed by atoms with E-state index in [1.54, 1.807) is 6.07 Å². The number of carbonyl (C=O) groups is 1. The molecule has 22 heavy (non-hydrogen) atoms. The number of halogens is 1. The first kappa shape index (κ1) is 16.9. The molecule has 1 heterocycles. The van der Waals surface area contributed by atoms with Crippen molar-refractivity contribution in [2.45, 2.75) is 32.6 Å².